The molecule has 0 bridgehead atoms. The molecule has 5 rings (SSSR count). The lowest BCUT2D eigenvalue weighted by Crippen LogP contribution is -2.38. The summed E-state index contributed by atoms with van der Waals surface area (Å²) in [6.07, 6.45) is 4.89. The second-order valence-corrected chi connectivity index (χ2v) is 7.36. The van der Waals surface area contributed by atoms with Crippen molar-refractivity contribution in [3.05, 3.63) is 71.2 Å². The largest absolute Gasteiger partial charge is 0.489 e. The maximum Gasteiger partial charge on any atom is 0.415 e. The number of imidazole rings is 1. The third kappa shape index (κ3) is 3.68. The fourth-order valence-electron chi connectivity index (χ4n) is 3.31. The SMILES string of the molecule is C[C@]1(COc2ccc(-n3cc(-c4ccccn4)nn3)cc2)Cn2cc([N+](=O)[O-])nc2O1. The number of fused-ring (bicyclic) bond motifs is 1. The van der Waals surface area contributed by atoms with Crippen LogP contribution >= 0.6 is 0 Å². The Balaban J connectivity index is 1.23. The van der Waals surface area contributed by atoms with Crippen LogP contribution in [0.2, 0.25) is 0 Å². The predicted molar refractivity (Wildman–Crippen MR) is 108 cm³/mol. The van der Waals surface area contributed by atoms with E-state index in [2.05, 4.69) is 20.3 Å². The van der Waals surface area contributed by atoms with Crippen LogP contribution in [0.15, 0.2) is 61.1 Å². The summed E-state index contributed by atoms with van der Waals surface area (Å²) in [7, 11) is 0. The van der Waals surface area contributed by atoms with E-state index in [4.69, 9.17) is 9.47 Å². The van der Waals surface area contributed by atoms with Crippen LogP contribution in [0.3, 0.4) is 0 Å². The molecule has 3 aromatic heterocycles. The summed E-state index contributed by atoms with van der Waals surface area (Å²) >= 11 is 0. The molecule has 1 atom stereocenters. The maximum atomic E-state index is 10.8. The molecule has 0 spiro atoms. The second-order valence-electron chi connectivity index (χ2n) is 7.36. The minimum Gasteiger partial charge on any atom is -0.489 e. The Labute approximate surface area is 176 Å². The van der Waals surface area contributed by atoms with Gasteiger partial charge < -0.3 is 19.6 Å². The number of nitrogens with zero attached hydrogens (tertiary/aromatic N) is 7. The summed E-state index contributed by atoms with van der Waals surface area (Å²) < 4.78 is 14.9. The number of benzene rings is 1. The molecule has 0 saturated carbocycles. The highest BCUT2D eigenvalue weighted by Gasteiger charge is 2.41. The molecule has 1 aliphatic rings. The summed E-state index contributed by atoms with van der Waals surface area (Å²) in [5.41, 5.74) is 1.60. The highest BCUT2D eigenvalue weighted by atomic mass is 16.6. The number of pyridine rings is 1. The first-order valence-electron chi connectivity index (χ1n) is 9.47. The van der Waals surface area contributed by atoms with Gasteiger partial charge in [-0.1, -0.05) is 11.3 Å². The minimum atomic E-state index is -0.667. The van der Waals surface area contributed by atoms with Crippen molar-refractivity contribution in [2.75, 3.05) is 6.61 Å². The van der Waals surface area contributed by atoms with Crippen molar-refractivity contribution in [3.8, 4) is 28.8 Å². The van der Waals surface area contributed by atoms with Crippen molar-refractivity contribution in [2.45, 2.75) is 19.1 Å². The number of ether oxygens (including phenoxy) is 2. The Morgan fingerprint density at radius 2 is 2.03 bits per heavy atom. The van der Waals surface area contributed by atoms with E-state index in [0.29, 0.717) is 18.0 Å². The zero-order chi connectivity index (χ0) is 21.4. The standard InChI is InChI=1S/C20H17N7O4/c1-20(12-25-11-18(27(28)29)22-19(25)31-20)13-30-15-7-5-14(6-8-15)26-10-17(23-24-26)16-4-2-3-9-21-16/h2-11H,12-13H2,1H3/t20-/m1/s1. The Morgan fingerprint density at radius 3 is 2.74 bits per heavy atom. The van der Waals surface area contributed by atoms with E-state index in [9.17, 15) is 10.1 Å². The molecule has 4 aromatic rings. The average Bonchev–Trinajstić information content (AvgIpc) is 3.47. The third-order valence-corrected chi connectivity index (χ3v) is 4.82. The van der Waals surface area contributed by atoms with Crippen molar-refractivity contribution in [2.24, 2.45) is 0 Å². The van der Waals surface area contributed by atoms with Crippen LogP contribution in [-0.2, 0) is 6.54 Å². The number of nitro groups is 1. The average molecular weight is 419 g/mol. The van der Waals surface area contributed by atoms with E-state index in [1.807, 2.05) is 55.6 Å². The zero-order valence-electron chi connectivity index (χ0n) is 16.5. The van der Waals surface area contributed by atoms with Gasteiger partial charge >= 0.3 is 11.8 Å². The fourth-order valence-corrected chi connectivity index (χ4v) is 3.31. The van der Waals surface area contributed by atoms with Crippen LogP contribution in [0.1, 0.15) is 6.92 Å². The van der Waals surface area contributed by atoms with Crippen LogP contribution in [0.4, 0.5) is 5.82 Å². The zero-order valence-corrected chi connectivity index (χ0v) is 16.5. The number of hydrogen-bond acceptors (Lipinski definition) is 8. The molecule has 11 heteroatoms. The predicted octanol–water partition coefficient (Wildman–Crippen LogP) is 2.66. The Bertz CT molecular complexity index is 1210. The highest BCUT2D eigenvalue weighted by Crippen LogP contribution is 2.31. The summed E-state index contributed by atoms with van der Waals surface area (Å²) in [5, 5.41) is 19.1. The van der Waals surface area contributed by atoms with E-state index < -0.39 is 10.5 Å². The minimum absolute atomic E-state index is 0.225. The van der Waals surface area contributed by atoms with Crippen LogP contribution in [-0.4, -0.2) is 46.7 Å². The van der Waals surface area contributed by atoms with Gasteiger partial charge in [0.25, 0.3) is 0 Å². The maximum absolute atomic E-state index is 10.8. The van der Waals surface area contributed by atoms with Gasteiger partial charge in [0.15, 0.2) is 5.60 Å². The van der Waals surface area contributed by atoms with Gasteiger partial charge in [0, 0.05) is 11.2 Å². The molecule has 0 N–H and O–H groups in total. The van der Waals surface area contributed by atoms with Crippen molar-refractivity contribution in [1.82, 2.24) is 29.5 Å². The van der Waals surface area contributed by atoms with E-state index >= 15 is 0 Å². The molecule has 11 nitrogen and oxygen atoms in total. The van der Waals surface area contributed by atoms with Gasteiger partial charge in [0.1, 0.15) is 24.2 Å². The van der Waals surface area contributed by atoms with Crippen molar-refractivity contribution < 1.29 is 14.4 Å². The molecule has 1 aliphatic heterocycles. The number of hydrogen-bond donors (Lipinski definition) is 0. The Kier molecular flexibility index (Phi) is 4.35. The fraction of sp³-hybridized carbons (Fsp3) is 0.200. The van der Waals surface area contributed by atoms with Gasteiger partial charge in [0.05, 0.1) is 24.1 Å². The molecular formula is C20H17N7O4. The van der Waals surface area contributed by atoms with E-state index in [0.717, 1.165) is 11.4 Å². The Morgan fingerprint density at radius 1 is 1.19 bits per heavy atom. The first kappa shape index (κ1) is 18.7. The molecule has 0 radical (unpaired) electrons. The molecule has 4 heterocycles. The lowest BCUT2D eigenvalue weighted by atomic mass is 10.1. The van der Waals surface area contributed by atoms with Crippen molar-refractivity contribution in [3.63, 3.8) is 0 Å². The molecule has 0 unspecified atom stereocenters. The monoisotopic (exact) mass is 419 g/mol. The van der Waals surface area contributed by atoms with Gasteiger partial charge in [-0.15, -0.1) is 5.10 Å². The van der Waals surface area contributed by atoms with Crippen molar-refractivity contribution >= 4 is 5.82 Å². The quantitative estimate of drug-likeness (QED) is 0.345. The molecule has 156 valence electrons. The molecule has 31 heavy (non-hydrogen) atoms. The van der Waals surface area contributed by atoms with Gasteiger partial charge in [-0.3, -0.25) is 9.55 Å². The normalized spacial score (nSPS) is 17.2. The summed E-state index contributed by atoms with van der Waals surface area (Å²) in [6, 6.07) is 13.3. The van der Waals surface area contributed by atoms with Crippen LogP contribution in [0, 0.1) is 10.1 Å². The summed E-state index contributed by atoms with van der Waals surface area (Å²) in [6.45, 7) is 2.55. The molecular weight excluding hydrogens is 402 g/mol. The molecule has 0 saturated heterocycles. The van der Waals surface area contributed by atoms with Gasteiger partial charge in [-0.2, -0.15) is 0 Å². The van der Waals surface area contributed by atoms with Gasteiger partial charge in [-0.05, 0) is 48.2 Å². The smallest absolute Gasteiger partial charge is 0.415 e. The van der Waals surface area contributed by atoms with Crippen LogP contribution in [0.25, 0.3) is 17.1 Å². The molecule has 1 aromatic carbocycles. The molecule has 0 fully saturated rings. The topological polar surface area (TPSA) is 123 Å². The van der Waals surface area contributed by atoms with E-state index in [1.165, 1.54) is 6.20 Å². The van der Waals surface area contributed by atoms with Gasteiger partial charge in [0.2, 0.25) is 0 Å². The van der Waals surface area contributed by atoms with Crippen LogP contribution < -0.4 is 9.47 Å². The van der Waals surface area contributed by atoms with Crippen molar-refractivity contribution in [1.29, 1.82) is 0 Å². The molecule has 0 amide bonds. The number of rotatable bonds is 6. The Hall–Kier alpha value is -4.28. The lowest BCUT2D eigenvalue weighted by Gasteiger charge is -2.22. The second kappa shape index (κ2) is 7.20. The third-order valence-electron chi connectivity index (χ3n) is 4.82. The van der Waals surface area contributed by atoms with E-state index in [1.54, 1.807) is 15.4 Å². The van der Waals surface area contributed by atoms with E-state index in [-0.39, 0.29) is 18.4 Å². The first-order chi connectivity index (χ1) is 15.0. The first-order valence-corrected chi connectivity index (χ1v) is 9.47. The van der Waals surface area contributed by atoms with Gasteiger partial charge in [-0.25, -0.2) is 4.68 Å². The molecule has 0 aliphatic carbocycles. The van der Waals surface area contributed by atoms with Crippen LogP contribution in [0.5, 0.6) is 11.8 Å². The number of aromatic nitrogens is 6. The summed E-state index contributed by atoms with van der Waals surface area (Å²) in [5.74, 6) is 0.432. The summed E-state index contributed by atoms with van der Waals surface area (Å²) in [4.78, 5) is 18.4. The lowest BCUT2D eigenvalue weighted by molar-refractivity contribution is -0.389. The highest BCUT2D eigenvalue weighted by molar-refractivity contribution is 5.52.